The number of fused-ring (bicyclic) bond motifs is 16. The second kappa shape index (κ2) is 12.9. The van der Waals surface area contributed by atoms with Crippen molar-refractivity contribution in [2.24, 2.45) is 0 Å². The van der Waals surface area contributed by atoms with Crippen LogP contribution in [-0.2, 0) is 5.41 Å². The largest absolute Gasteiger partial charge is 0.456 e. The first kappa shape index (κ1) is 34.4. The average molecular weight is 801 g/mol. The van der Waals surface area contributed by atoms with Crippen molar-refractivity contribution in [3.8, 4) is 61.6 Å². The molecule has 0 atom stereocenters. The lowest BCUT2D eigenvalue weighted by Crippen LogP contribution is -2.25. The normalized spacial score (nSPS) is 13.2. The smallest absolute Gasteiger partial charge is 0.138 e. The Balaban J connectivity index is 1.01. The maximum Gasteiger partial charge on any atom is 0.138 e. The summed E-state index contributed by atoms with van der Waals surface area (Å²) < 4.78 is 9.29. The van der Waals surface area contributed by atoms with Crippen LogP contribution in [0.4, 0.5) is 0 Å². The Morgan fingerprint density at radius 1 is 0.349 bits per heavy atom. The molecular formula is C60H36N2O. The summed E-state index contributed by atoms with van der Waals surface area (Å²) in [6, 6.07) is 79.4. The lowest BCUT2D eigenvalue weighted by molar-refractivity contribution is 0.666. The number of hydrogen-bond acceptors (Lipinski definition) is 2. The molecule has 3 heterocycles. The van der Waals surface area contributed by atoms with Gasteiger partial charge in [-0.3, -0.25) is 4.57 Å². The molecule has 0 radical (unpaired) electrons. The van der Waals surface area contributed by atoms with Gasteiger partial charge in [-0.1, -0.05) is 176 Å². The molecule has 3 nitrogen and oxygen atoms in total. The van der Waals surface area contributed by atoms with Crippen molar-refractivity contribution in [1.29, 1.82) is 0 Å². The summed E-state index contributed by atoms with van der Waals surface area (Å²) >= 11 is 0. The van der Waals surface area contributed by atoms with Gasteiger partial charge >= 0.3 is 0 Å². The third-order valence-electron chi connectivity index (χ3n) is 13.8. The van der Waals surface area contributed by atoms with E-state index in [4.69, 9.17) is 9.40 Å². The number of aromatic nitrogens is 2. The zero-order valence-corrected chi connectivity index (χ0v) is 34.1. The fourth-order valence-electron chi connectivity index (χ4n) is 11.2. The Morgan fingerprint density at radius 3 is 1.68 bits per heavy atom. The lowest BCUT2D eigenvalue weighted by Gasteiger charge is -2.30. The molecule has 3 heteroatoms. The molecule has 14 rings (SSSR count). The molecule has 292 valence electrons. The molecule has 2 aliphatic carbocycles. The third-order valence-corrected chi connectivity index (χ3v) is 13.8. The highest BCUT2D eigenvalue weighted by Gasteiger charge is 2.51. The second-order valence-electron chi connectivity index (χ2n) is 17.0. The lowest BCUT2D eigenvalue weighted by atomic mass is 9.70. The van der Waals surface area contributed by atoms with Gasteiger partial charge in [0.2, 0.25) is 0 Å². The molecule has 0 saturated carbocycles. The topological polar surface area (TPSA) is 31.0 Å². The monoisotopic (exact) mass is 800 g/mol. The molecule has 0 amide bonds. The summed E-state index contributed by atoms with van der Waals surface area (Å²) in [7, 11) is 0. The minimum Gasteiger partial charge on any atom is -0.456 e. The maximum absolute atomic E-state index is 6.94. The molecular weight excluding hydrogens is 765 g/mol. The van der Waals surface area contributed by atoms with E-state index in [0.29, 0.717) is 0 Å². The predicted octanol–water partition coefficient (Wildman–Crippen LogP) is 15.4. The van der Waals surface area contributed by atoms with Crippen LogP contribution in [0.25, 0.3) is 105 Å². The van der Waals surface area contributed by atoms with Crippen molar-refractivity contribution in [3.63, 3.8) is 0 Å². The minimum atomic E-state index is -0.431. The third kappa shape index (κ3) is 4.71. The molecule has 9 aromatic carbocycles. The van der Waals surface area contributed by atoms with Gasteiger partial charge in [0.1, 0.15) is 17.0 Å². The molecule has 0 unspecified atom stereocenters. The minimum absolute atomic E-state index is 0.431. The zero-order chi connectivity index (χ0) is 41.2. The molecule has 3 aromatic heterocycles. The van der Waals surface area contributed by atoms with E-state index in [1.54, 1.807) is 0 Å². The molecule has 0 N–H and O–H groups in total. The maximum atomic E-state index is 6.94. The van der Waals surface area contributed by atoms with Crippen LogP contribution in [0.2, 0.25) is 0 Å². The fourth-order valence-corrected chi connectivity index (χ4v) is 11.2. The number of furan rings is 1. The van der Waals surface area contributed by atoms with Crippen LogP contribution in [0, 0.1) is 0 Å². The number of rotatable bonds is 4. The number of nitrogens with zero attached hydrogens (tertiary/aromatic N) is 2. The standard InChI is InChI=1S/C60H36N2O/c1-3-16-37(17-4-1)40-32-53(38-18-5-2-6-19-38)61-58(34-40)62-54-28-14-10-23-45(54)46-31-30-39(33-55(46)62)41-24-15-29-56-59(41)48-35-47-44-22-9-13-27-51(44)60(52(47)36-57(48)63-56)49-25-11-7-20-42(49)43-21-8-12-26-50(43)60/h1-36H. The zero-order valence-electron chi connectivity index (χ0n) is 34.1. The Morgan fingerprint density at radius 2 is 0.952 bits per heavy atom. The number of hydrogen-bond donors (Lipinski definition) is 0. The van der Waals surface area contributed by atoms with Crippen LogP contribution in [0.1, 0.15) is 22.3 Å². The van der Waals surface area contributed by atoms with E-state index in [-0.39, 0.29) is 0 Å². The summed E-state index contributed by atoms with van der Waals surface area (Å²) in [6.45, 7) is 0. The quantitative estimate of drug-likeness (QED) is 0.177. The van der Waals surface area contributed by atoms with Crippen molar-refractivity contribution in [3.05, 3.63) is 241 Å². The van der Waals surface area contributed by atoms with Gasteiger partial charge in [0.25, 0.3) is 0 Å². The van der Waals surface area contributed by atoms with Crippen LogP contribution < -0.4 is 0 Å². The predicted molar refractivity (Wildman–Crippen MR) is 258 cm³/mol. The van der Waals surface area contributed by atoms with E-state index in [0.717, 1.165) is 72.3 Å². The first-order valence-electron chi connectivity index (χ1n) is 21.7. The van der Waals surface area contributed by atoms with Crippen LogP contribution in [-0.4, -0.2) is 9.55 Å². The van der Waals surface area contributed by atoms with Crippen LogP contribution in [0.15, 0.2) is 223 Å². The number of benzene rings is 9. The first-order valence-corrected chi connectivity index (χ1v) is 21.7. The summed E-state index contributed by atoms with van der Waals surface area (Å²) in [5, 5.41) is 4.62. The van der Waals surface area contributed by atoms with Gasteiger partial charge in [0.15, 0.2) is 0 Å². The van der Waals surface area contributed by atoms with Gasteiger partial charge in [0.05, 0.1) is 22.1 Å². The number of pyridine rings is 1. The molecule has 0 aliphatic heterocycles. The van der Waals surface area contributed by atoms with Gasteiger partial charge < -0.3 is 4.42 Å². The molecule has 1 spiro atoms. The van der Waals surface area contributed by atoms with Crippen LogP contribution >= 0.6 is 0 Å². The Bertz CT molecular complexity index is 3750. The molecule has 12 aromatic rings. The van der Waals surface area contributed by atoms with E-state index in [2.05, 4.69) is 223 Å². The number of para-hydroxylation sites is 1. The van der Waals surface area contributed by atoms with Gasteiger partial charge in [0, 0.05) is 27.1 Å². The summed E-state index contributed by atoms with van der Waals surface area (Å²) in [5.74, 6) is 0.878. The second-order valence-corrected chi connectivity index (χ2v) is 17.0. The van der Waals surface area contributed by atoms with E-state index in [9.17, 15) is 0 Å². The SMILES string of the molecule is c1ccc(-c2cc(-c3ccccc3)nc(-n3c4ccccc4c4ccc(-c5cccc6oc7cc8c(cc7c56)-c5ccccc5C85c6ccccc6-c6ccccc65)cc43)c2)cc1. The molecule has 0 bridgehead atoms. The van der Waals surface area contributed by atoms with Gasteiger partial charge in [-0.25, -0.2) is 4.98 Å². The fraction of sp³-hybridized carbons (Fsp3) is 0.0167. The van der Waals surface area contributed by atoms with Crippen molar-refractivity contribution in [2.75, 3.05) is 0 Å². The average Bonchev–Trinajstić information content (AvgIpc) is 4.07. The Kier molecular flexibility index (Phi) is 7.04. The van der Waals surface area contributed by atoms with E-state index < -0.39 is 5.41 Å². The van der Waals surface area contributed by atoms with E-state index in [1.165, 1.54) is 55.3 Å². The molecule has 2 aliphatic rings. The van der Waals surface area contributed by atoms with E-state index >= 15 is 0 Å². The van der Waals surface area contributed by atoms with Gasteiger partial charge in [-0.2, -0.15) is 0 Å². The highest BCUT2D eigenvalue weighted by molar-refractivity contribution is 6.16. The summed E-state index contributed by atoms with van der Waals surface area (Å²) in [4.78, 5) is 5.41. The molecule has 0 saturated heterocycles. The van der Waals surface area contributed by atoms with Gasteiger partial charge in [-0.05, 0) is 109 Å². The first-order chi connectivity index (χ1) is 31.2. The summed E-state index contributed by atoms with van der Waals surface area (Å²) in [6.07, 6.45) is 0. The van der Waals surface area contributed by atoms with Crippen LogP contribution in [0.3, 0.4) is 0 Å². The van der Waals surface area contributed by atoms with Crippen molar-refractivity contribution in [1.82, 2.24) is 9.55 Å². The Hall–Kier alpha value is -8.27. The molecule has 0 fully saturated rings. The Labute approximate surface area is 363 Å². The van der Waals surface area contributed by atoms with Crippen LogP contribution in [0.5, 0.6) is 0 Å². The van der Waals surface area contributed by atoms with Crippen molar-refractivity contribution >= 4 is 43.7 Å². The van der Waals surface area contributed by atoms with Crippen molar-refractivity contribution < 1.29 is 4.42 Å². The van der Waals surface area contributed by atoms with E-state index in [1.807, 2.05) is 0 Å². The highest BCUT2D eigenvalue weighted by atomic mass is 16.3. The molecule has 63 heavy (non-hydrogen) atoms. The summed E-state index contributed by atoms with van der Waals surface area (Å²) in [5.41, 5.74) is 20.5. The van der Waals surface area contributed by atoms with Crippen molar-refractivity contribution in [2.45, 2.75) is 5.41 Å². The van der Waals surface area contributed by atoms with Gasteiger partial charge in [-0.15, -0.1) is 0 Å². The highest BCUT2D eigenvalue weighted by Crippen LogP contribution is 2.63.